The average Bonchev–Trinajstić information content (AvgIpc) is 3.40. The highest BCUT2D eigenvalue weighted by Gasteiger charge is 2.32. The molecule has 3 aromatic rings. The van der Waals surface area contributed by atoms with Crippen LogP contribution in [0.15, 0.2) is 33.9 Å². The smallest absolute Gasteiger partial charge is 0.277 e. The molecule has 4 rings (SSSR count). The lowest BCUT2D eigenvalue weighted by Gasteiger charge is -2.33. The Morgan fingerprint density at radius 3 is 2.80 bits per heavy atom. The number of nitrogens with zero attached hydrogens (tertiary/aromatic N) is 3. The first kappa shape index (κ1) is 24.9. The summed E-state index contributed by atoms with van der Waals surface area (Å²) >= 11 is 2.65. The molecular formula is C25H27N5O3S2. The molecule has 1 aliphatic rings. The van der Waals surface area contributed by atoms with Crippen LogP contribution in [-0.2, 0) is 22.4 Å². The number of aromatic nitrogens is 2. The lowest BCUT2D eigenvalue weighted by atomic mass is 9.72. The fraction of sp³-hybridized carbons (Fsp3) is 0.400. The standard InChI is InChI=1S/C25H27N5O3S2/c1-14(31)27-17-7-5-6-15(10-17)22-29-30-24(33-22)34-13-21(32)28-23-19(12-26)18-9-8-16(25(2,3)4)11-20(18)35-23/h5-7,10,16H,8-9,11,13H2,1-4H3,(H,27,31)(H,28,32)/t16-/m1/s1. The van der Waals surface area contributed by atoms with E-state index >= 15 is 0 Å². The zero-order valence-corrected chi connectivity index (χ0v) is 21.7. The van der Waals surface area contributed by atoms with Crippen molar-refractivity contribution >= 4 is 45.6 Å². The number of fused-ring (bicyclic) bond motifs is 1. The lowest BCUT2D eigenvalue weighted by Crippen LogP contribution is -2.26. The molecule has 10 heteroatoms. The number of nitrogens with one attached hydrogen (secondary N) is 2. The van der Waals surface area contributed by atoms with Crippen LogP contribution >= 0.6 is 23.1 Å². The third-order valence-electron chi connectivity index (χ3n) is 6.02. The summed E-state index contributed by atoms with van der Waals surface area (Å²) in [4.78, 5) is 25.1. The molecule has 1 aromatic carbocycles. The number of nitriles is 1. The molecule has 0 saturated heterocycles. The Balaban J connectivity index is 1.39. The second-order valence-corrected chi connectivity index (χ2v) is 11.6. The van der Waals surface area contributed by atoms with Gasteiger partial charge in [-0.25, -0.2) is 0 Å². The van der Waals surface area contributed by atoms with Crippen LogP contribution < -0.4 is 10.6 Å². The van der Waals surface area contributed by atoms with Crippen molar-refractivity contribution in [3.05, 3.63) is 40.3 Å². The van der Waals surface area contributed by atoms with Crippen LogP contribution in [-0.4, -0.2) is 27.8 Å². The molecule has 8 nitrogen and oxygen atoms in total. The van der Waals surface area contributed by atoms with Crippen molar-refractivity contribution in [3.63, 3.8) is 0 Å². The van der Waals surface area contributed by atoms with E-state index in [0.717, 1.165) is 36.6 Å². The van der Waals surface area contributed by atoms with E-state index in [2.05, 4.69) is 47.7 Å². The quantitative estimate of drug-likeness (QED) is 0.420. The van der Waals surface area contributed by atoms with Crippen molar-refractivity contribution in [2.24, 2.45) is 11.3 Å². The van der Waals surface area contributed by atoms with Crippen molar-refractivity contribution in [3.8, 4) is 17.5 Å². The molecule has 1 aliphatic carbocycles. The fourth-order valence-electron chi connectivity index (χ4n) is 4.14. The summed E-state index contributed by atoms with van der Waals surface area (Å²) in [6, 6.07) is 9.38. The molecule has 2 N–H and O–H groups in total. The van der Waals surface area contributed by atoms with Gasteiger partial charge >= 0.3 is 0 Å². The van der Waals surface area contributed by atoms with E-state index < -0.39 is 0 Å². The van der Waals surface area contributed by atoms with Gasteiger partial charge in [0.15, 0.2) is 0 Å². The number of thiophene rings is 1. The number of anilines is 2. The summed E-state index contributed by atoms with van der Waals surface area (Å²) in [7, 11) is 0. The zero-order valence-electron chi connectivity index (χ0n) is 20.1. The molecule has 0 bridgehead atoms. The molecule has 2 amide bonds. The molecule has 182 valence electrons. The van der Waals surface area contributed by atoms with E-state index in [1.807, 2.05) is 0 Å². The minimum atomic E-state index is -0.232. The van der Waals surface area contributed by atoms with Gasteiger partial charge in [-0.2, -0.15) is 5.26 Å². The van der Waals surface area contributed by atoms with Crippen LogP contribution in [0.5, 0.6) is 0 Å². The minimum Gasteiger partial charge on any atom is -0.411 e. The predicted molar refractivity (Wildman–Crippen MR) is 137 cm³/mol. The van der Waals surface area contributed by atoms with Gasteiger partial charge in [0.2, 0.25) is 17.7 Å². The topological polar surface area (TPSA) is 121 Å². The number of amides is 2. The Morgan fingerprint density at radius 2 is 2.09 bits per heavy atom. The van der Waals surface area contributed by atoms with Gasteiger partial charge in [0, 0.05) is 23.1 Å². The molecule has 0 unspecified atom stereocenters. The maximum absolute atomic E-state index is 12.6. The van der Waals surface area contributed by atoms with Gasteiger partial charge in [-0.15, -0.1) is 21.5 Å². The number of benzene rings is 1. The average molecular weight is 510 g/mol. The highest BCUT2D eigenvalue weighted by Crippen LogP contribution is 2.44. The van der Waals surface area contributed by atoms with Crippen molar-refractivity contribution in [1.82, 2.24) is 10.2 Å². The van der Waals surface area contributed by atoms with Gasteiger partial charge in [-0.3, -0.25) is 9.59 Å². The molecule has 2 heterocycles. The molecule has 0 fully saturated rings. The number of rotatable bonds is 6. The Morgan fingerprint density at radius 1 is 1.29 bits per heavy atom. The van der Waals surface area contributed by atoms with E-state index in [4.69, 9.17) is 4.42 Å². The van der Waals surface area contributed by atoms with E-state index in [0.29, 0.717) is 33.6 Å². The monoisotopic (exact) mass is 509 g/mol. The molecule has 0 radical (unpaired) electrons. The molecule has 0 saturated carbocycles. The van der Waals surface area contributed by atoms with E-state index in [9.17, 15) is 14.9 Å². The molecule has 0 spiro atoms. The van der Waals surface area contributed by atoms with Crippen LogP contribution in [0.2, 0.25) is 0 Å². The largest absolute Gasteiger partial charge is 0.411 e. The first-order chi connectivity index (χ1) is 16.6. The van der Waals surface area contributed by atoms with E-state index in [1.165, 1.54) is 23.1 Å². The number of hydrogen-bond donors (Lipinski definition) is 2. The Labute approximate surface area is 212 Å². The van der Waals surface area contributed by atoms with E-state index in [1.54, 1.807) is 24.3 Å². The van der Waals surface area contributed by atoms with Crippen LogP contribution in [0.3, 0.4) is 0 Å². The Kier molecular flexibility index (Phi) is 7.28. The predicted octanol–water partition coefficient (Wildman–Crippen LogP) is 5.51. The van der Waals surface area contributed by atoms with Crippen LogP contribution in [0.1, 0.15) is 50.1 Å². The van der Waals surface area contributed by atoms with Crippen LogP contribution in [0.4, 0.5) is 10.7 Å². The van der Waals surface area contributed by atoms with Gasteiger partial charge in [0.25, 0.3) is 5.22 Å². The van der Waals surface area contributed by atoms with Gasteiger partial charge in [0.05, 0.1) is 11.3 Å². The van der Waals surface area contributed by atoms with Crippen molar-refractivity contribution in [2.45, 2.75) is 52.2 Å². The first-order valence-corrected chi connectivity index (χ1v) is 13.1. The Bertz CT molecular complexity index is 1300. The van der Waals surface area contributed by atoms with Crippen LogP contribution in [0, 0.1) is 22.7 Å². The summed E-state index contributed by atoms with van der Waals surface area (Å²) < 4.78 is 5.68. The summed E-state index contributed by atoms with van der Waals surface area (Å²) in [6.45, 7) is 8.20. The van der Waals surface area contributed by atoms with Crippen molar-refractivity contribution in [2.75, 3.05) is 16.4 Å². The number of hydrogen-bond acceptors (Lipinski definition) is 8. The maximum Gasteiger partial charge on any atom is 0.277 e. The van der Waals surface area contributed by atoms with Crippen LogP contribution in [0.25, 0.3) is 11.5 Å². The third kappa shape index (κ3) is 5.92. The normalized spacial score (nSPS) is 15.2. The minimum absolute atomic E-state index is 0.0750. The first-order valence-electron chi connectivity index (χ1n) is 11.3. The summed E-state index contributed by atoms with van der Waals surface area (Å²) in [5.74, 6) is 0.530. The van der Waals surface area contributed by atoms with Gasteiger partial charge < -0.3 is 15.1 Å². The zero-order chi connectivity index (χ0) is 25.2. The molecule has 1 atom stereocenters. The third-order valence-corrected chi connectivity index (χ3v) is 8.01. The maximum atomic E-state index is 12.6. The van der Waals surface area contributed by atoms with E-state index in [-0.39, 0.29) is 28.2 Å². The second kappa shape index (κ2) is 10.2. The molecule has 35 heavy (non-hydrogen) atoms. The van der Waals surface area contributed by atoms with Gasteiger partial charge in [-0.1, -0.05) is 38.6 Å². The summed E-state index contributed by atoms with van der Waals surface area (Å²) in [5.41, 5.74) is 3.18. The molecule has 2 aromatic heterocycles. The molecular weight excluding hydrogens is 482 g/mol. The van der Waals surface area contributed by atoms with Gasteiger partial charge in [0.1, 0.15) is 11.1 Å². The highest BCUT2D eigenvalue weighted by molar-refractivity contribution is 7.99. The lowest BCUT2D eigenvalue weighted by molar-refractivity contribution is -0.114. The molecule has 0 aliphatic heterocycles. The van der Waals surface area contributed by atoms with Gasteiger partial charge in [-0.05, 0) is 54.4 Å². The second-order valence-electron chi connectivity index (χ2n) is 9.60. The summed E-state index contributed by atoms with van der Waals surface area (Å²) in [5, 5.41) is 24.3. The fourth-order valence-corrected chi connectivity index (χ4v) is 6.00. The highest BCUT2D eigenvalue weighted by atomic mass is 32.2. The summed E-state index contributed by atoms with van der Waals surface area (Å²) in [6.07, 6.45) is 2.87. The number of thioether (sulfide) groups is 1. The Hall–Kier alpha value is -3.16. The SMILES string of the molecule is CC(=O)Nc1cccc(-c2nnc(SCC(=O)Nc3sc4c(c3C#N)CC[C@@H](C(C)(C)C)C4)o2)c1. The van der Waals surface area contributed by atoms with Crippen molar-refractivity contribution < 1.29 is 14.0 Å². The number of carbonyl (C=O) groups excluding carboxylic acids is 2. The van der Waals surface area contributed by atoms with Crippen molar-refractivity contribution in [1.29, 1.82) is 5.26 Å². The number of carbonyl (C=O) groups is 2.